The molecule has 0 saturated heterocycles. The van der Waals surface area contributed by atoms with Gasteiger partial charge in [0.25, 0.3) is 5.56 Å². The van der Waals surface area contributed by atoms with Crippen molar-refractivity contribution in [1.82, 2.24) is 24.7 Å². The highest BCUT2D eigenvalue weighted by molar-refractivity contribution is 7.99. The summed E-state index contributed by atoms with van der Waals surface area (Å²) >= 11 is 1.52. The van der Waals surface area contributed by atoms with Crippen molar-refractivity contribution in [2.24, 2.45) is 0 Å². The van der Waals surface area contributed by atoms with Gasteiger partial charge in [-0.2, -0.15) is 0 Å². The number of aromatic amines is 1. The minimum Gasteiger partial charge on any atom is -0.309 e. The van der Waals surface area contributed by atoms with Gasteiger partial charge in [0.05, 0.1) is 21.8 Å². The fraction of sp³-hybridized carbons (Fsp3) is 0.200. The number of hydrogen-bond donors (Lipinski definition) is 1. The van der Waals surface area contributed by atoms with E-state index in [0.29, 0.717) is 16.7 Å². The summed E-state index contributed by atoms with van der Waals surface area (Å²) in [5.74, 6) is 1.44. The molecule has 0 amide bonds. The number of benzene rings is 2. The zero-order chi connectivity index (χ0) is 19.0. The van der Waals surface area contributed by atoms with Gasteiger partial charge in [-0.15, -0.1) is 10.2 Å². The molecule has 0 unspecified atom stereocenters. The van der Waals surface area contributed by atoms with Crippen LogP contribution in [0.15, 0.2) is 58.5 Å². The molecule has 0 aliphatic heterocycles. The van der Waals surface area contributed by atoms with Gasteiger partial charge in [-0.1, -0.05) is 42.1 Å². The van der Waals surface area contributed by atoms with E-state index in [2.05, 4.69) is 39.2 Å². The van der Waals surface area contributed by atoms with Crippen LogP contribution < -0.4 is 5.56 Å². The monoisotopic (exact) mass is 377 g/mol. The fourth-order valence-corrected chi connectivity index (χ4v) is 3.99. The van der Waals surface area contributed by atoms with Gasteiger partial charge in [-0.3, -0.25) is 9.36 Å². The zero-order valence-corrected chi connectivity index (χ0v) is 16.1. The fourth-order valence-electron chi connectivity index (χ4n) is 3.02. The topological polar surface area (TPSA) is 76.5 Å². The number of thioether (sulfide) groups is 1. The summed E-state index contributed by atoms with van der Waals surface area (Å²) in [4.78, 5) is 19.9. The number of aryl methyl sites for hydroxylation is 2. The molecule has 0 bridgehead atoms. The second-order valence-electron chi connectivity index (χ2n) is 6.38. The van der Waals surface area contributed by atoms with E-state index < -0.39 is 0 Å². The van der Waals surface area contributed by atoms with E-state index in [-0.39, 0.29) is 10.8 Å². The Labute approximate surface area is 160 Å². The molecule has 2 heterocycles. The van der Waals surface area contributed by atoms with E-state index in [1.165, 1.54) is 11.8 Å². The molecule has 2 aromatic carbocycles. The van der Waals surface area contributed by atoms with Crippen molar-refractivity contribution in [3.05, 3.63) is 76.1 Å². The van der Waals surface area contributed by atoms with Crippen LogP contribution in [0.1, 0.15) is 29.4 Å². The molecule has 0 spiro atoms. The van der Waals surface area contributed by atoms with Crippen molar-refractivity contribution in [2.45, 2.75) is 31.2 Å². The van der Waals surface area contributed by atoms with Gasteiger partial charge in [-0.25, -0.2) is 4.98 Å². The number of para-hydroxylation sites is 2. The predicted molar refractivity (Wildman–Crippen MR) is 107 cm³/mol. The van der Waals surface area contributed by atoms with Crippen LogP contribution in [-0.4, -0.2) is 24.7 Å². The standard InChI is InChI=1S/C20H19N5OS/c1-12-8-4-7-11-17(12)25-14(3)23-24-20(25)27-13(2)18-21-16-10-6-5-9-15(16)19(26)22-18/h4-11,13H,1-3H3,(H,21,22,26)/t13-/m1/s1. The highest BCUT2D eigenvalue weighted by atomic mass is 32.2. The molecule has 2 aromatic heterocycles. The minimum atomic E-state index is -0.125. The van der Waals surface area contributed by atoms with Crippen molar-refractivity contribution in [1.29, 1.82) is 0 Å². The van der Waals surface area contributed by atoms with Crippen molar-refractivity contribution >= 4 is 22.7 Å². The Kier molecular flexibility index (Phi) is 4.53. The third kappa shape index (κ3) is 3.26. The average molecular weight is 377 g/mol. The maximum Gasteiger partial charge on any atom is 0.258 e. The predicted octanol–water partition coefficient (Wildman–Crippen LogP) is 3.97. The normalized spacial score (nSPS) is 12.4. The lowest BCUT2D eigenvalue weighted by atomic mass is 10.2. The molecule has 0 radical (unpaired) electrons. The van der Waals surface area contributed by atoms with Crippen LogP contribution in [0.5, 0.6) is 0 Å². The average Bonchev–Trinajstić information content (AvgIpc) is 3.02. The summed E-state index contributed by atoms with van der Waals surface area (Å²) in [7, 11) is 0. The first kappa shape index (κ1) is 17.5. The van der Waals surface area contributed by atoms with Crippen LogP contribution >= 0.6 is 11.8 Å². The van der Waals surface area contributed by atoms with Crippen molar-refractivity contribution in [2.75, 3.05) is 0 Å². The van der Waals surface area contributed by atoms with Gasteiger partial charge in [0.2, 0.25) is 0 Å². The number of hydrogen-bond acceptors (Lipinski definition) is 5. The number of H-pyrrole nitrogens is 1. The van der Waals surface area contributed by atoms with Crippen LogP contribution in [0.4, 0.5) is 0 Å². The van der Waals surface area contributed by atoms with Crippen molar-refractivity contribution < 1.29 is 0 Å². The maximum absolute atomic E-state index is 12.4. The lowest BCUT2D eigenvalue weighted by molar-refractivity contribution is 0.846. The number of nitrogens with one attached hydrogen (secondary N) is 1. The molecule has 1 atom stereocenters. The van der Waals surface area contributed by atoms with Crippen LogP contribution in [0.25, 0.3) is 16.6 Å². The molecule has 4 aromatic rings. The Bertz CT molecular complexity index is 1180. The molecule has 0 aliphatic rings. The lowest BCUT2D eigenvalue weighted by Gasteiger charge is -2.14. The van der Waals surface area contributed by atoms with Gasteiger partial charge in [0.1, 0.15) is 11.6 Å². The van der Waals surface area contributed by atoms with Gasteiger partial charge in [0, 0.05) is 0 Å². The Balaban J connectivity index is 1.72. The van der Waals surface area contributed by atoms with E-state index in [0.717, 1.165) is 22.2 Å². The number of rotatable bonds is 4. The first-order valence-corrected chi connectivity index (χ1v) is 9.56. The van der Waals surface area contributed by atoms with E-state index in [4.69, 9.17) is 0 Å². The van der Waals surface area contributed by atoms with E-state index in [1.807, 2.05) is 48.7 Å². The van der Waals surface area contributed by atoms with Crippen LogP contribution in [0.2, 0.25) is 0 Å². The molecule has 0 aliphatic carbocycles. The molecule has 136 valence electrons. The van der Waals surface area contributed by atoms with Crippen LogP contribution in [0.3, 0.4) is 0 Å². The van der Waals surface area contributed by atoms with Gasteiger partial charge in [-0.05, 0) is 44.5 Å². The third-order valence-electron chi connectivity index (χ3n) is 4.45. The van der Waals surface area contributed by atoms with Gasteiger partial charge >= 0.3 is 0 Å². The van der Waals surface area contributed by atoms with E-state index in [9.17, 15) is 4.79 Å². The second kappa shape index (κ2) is 7.00. The Morgan fingerprint density at radius 1 is 1.04 bits per heavy atom. The second-order valence-corrected chi connectivity index (χ2v) is 7.69. The number of aromatic nitrogens is 5. The van der Waals surface area contributed by atoms with Gasteiger partial charge in [0.15, 0.2) is 5.16 Å². The van der Waals surface area contributed by atoms with Crippen molar-refractivity contribution in [3.8, 4) is 5.69 Å². The lowest BCUT2D eigenvalue weighted by Crippen LogP contribution is -2.13. The molecule has 1 N–H and O–H groups in total. The molecule has 0 fully saturated rings. The molecular formula is C20H19N5OS. The summed E-state index contributed by atoms with van der Waals surface area (Å²) in [6.07, 6.45) is 0. The summed E-state index contributed by atoms with van der Waals surface area (Å²) in [6.45, 7) is 6.00. The summed E-state index contributed by atoms with van der Waals surface area (Å²) in [5.41, 5.74) is 2.77. The minimum absolute atomic E-state index is 0.0892. The summed E-state index contributed by atoms with van der Waals surface area (Å²) in [5, 5.41) is 9.86. The SMILES string of the molecule is Cc1ccccc1-n1c(C)nnc1S[C@H](C)c1nc2ccccc2c(=O)[nH]1. The van der Waals surface area contributed by atoms with Gasteiger partial charge < -0.3 is 4.98 Å². The molecule has 6 nitrogen and oxygen atoms in total. The molecule has 4 rings (SSSR count). The first-order valence-electron chi connectivity index (χ1n) is 8.68. The Morgan fingerprint density at radius 2 is 1.78 bits per heavy atom. The largest absolute Gasteiger partial charge is 0.309 e. The molecule has 27 heavy (non-hydrogen) atoms. The zero-order valence-electron chi connectivity index (χ0n) is 15.3. The summed E-state index contributed by atoms with van der Waals surface area (Å²) in [6, 6.07) is 15.5. The Hall–Kier alpha value is -2.93. The quantitative estimate of drug-likeness (QED) is 0.545. The molecular weight excluding hydrogens is 358 g/mol. The molecule has 0 saturated carbocycles. The first-order chi connectivity index (χ1) is 13.0. The molecule has 7 heteroatoms. The third-order valence-corrected chi connectivity index (χ3v) is 5.50. The van der Waals surface area contributed by atoms with E-state index >= 15 is 0 Å². The highest BCUT2D eigenvalue weighted by Crippen LogP contribution is 2.34. The smallest absolute Gasteiger partial charge is 0.258 e. The number of fused-ring (bicyclic) bond motifs is 1. The van der Waals surface area contributed by atoms with Crippen LogP contribution in [0, 0.1) is 13.8 Å². The highest BCUT2D eigenvalue weighted by Gasteiger charge is 2.19. The number of nitrogens with zero attached hydrogens (tertiary/aromatic N) is 4. The summed E-state index contributed by atoms with van der Waals surface area (Å²) < 4.78 is 2.04. The van der Waals surface area contributed by atoms with Crippen molar-refractivity contribution in [3.63, 3.8) is 0 Å². The van der Waals surface area contributed by atoms with Crippen LogP contribution in [-0.2, 0) is 0 Å². The van der Waals surface area contributed by atoms with E-state index in [1.54, 1.807) is 6.07 Å². The Morgan fingerprint density at radius 3 is 2.59 bits per heavy atom. The maximum atomic E-state index is 12.4.